The second kappa shape index (κ2) is 7.11. The summed E-state index contributed by atoms with van der Waals surface area (Å²) in [6.45, 7) is 7.82. The Morgan fingerprint density at radius 3 is 2.69 bits per heavy atom. The van der Waals surface area contributed by atoms with E-state index in [0.29, 0.717) is 11.5 Å². The number of fused-ring (bicyclic) bond motifs is 1. The highest BCUT2D eigenvalue weighted by atomic mass is 16.3. The molecular formula is C19H23N5O2. The molecule has 2 aromatic heterocycles. The van der Waals surface area contributed by atoms with E-state index in [2.05, 4.69) is 25.3 Å². The van der Waals surface area contributed by atoms with E-state index < -0.39 is 0 Å². The van der Waals surface area contributed by atoms with Crippen molar-refractivity contribution in [3.8, 4) is 5.88 Å². The van der Waals surface area contributed by atoms with Gasteiger partial charge in [0.05, 0.1) is 16.8 Å². The highest BCUT2D eigenvalue weighted by molar-refractivity contribution is 5.84. The van der Waals surface area contributed by atoms with Crippen LogP contribution < -0.4 is 10.9 Å². The molecule has 3 rings (SSSR count). The fourth-order valence-electron chi connectivity index (χ4n) is 3.16. The summed E-state index contributed by atoms with van der Waals surface area (Å²) >= 11 is 0. The van der Waals surface area contributed by atoms with Crippen LogP contribution in [0, 0.1) is 13.8 Å². The van der Waals surface area contributed by atoms with E-state index in [1.165, 1.54) is 0 Å². The Labute approximate surface area is 151 Å². The lowest BCUT2D eigenvalue weighted by Crippen LogP contribution is -2.18. The van der Waals surface area contributed by atoms with Crippen molar-refractivity contribution >= 4 is 22.8 Å². The normalized spacial score (nSPS) is 12.3. The largest absolute Gasteiger partial charge is 0.493 e. The molecule has 0 unspecified atom stereocenters. The van der Waals surface area contributed by atoms with Crippen molar-refractivity contribution in [3.63, 3.8) is 0 Å². The van der Waals surface area contributed by atoms with E-state index in [4.69, 9.17) is 0 Å². The zero-order valence-corrected chi connectivity index (χ0v) is 15.4. The summed E-state index contributed by atoms with van der Waals surface area (Å²) in [7, 11) is 0. The lowest BCUT2D eigenvalue weighted by atomic mass is 9.99. The number of nitrogens with one attached hydrogen (secondary N) is 2. The minimum atomic E-state index is -0.352. The van der Waals surface area contributed by atoms with Gasteiger partial charge in [0.15, 0.2) is 0 Å². The van der Waals surface area contributed by atoms with Crippen LogP contribution in [0.4, 0.5) is 11.9 Å². The summed E-state index contributed by atoms with van der Waals surface area (Å²) in [6, 6.07) is 5.92. The molecule has 0 amide bonds. The van der Waals surface area contributed by atoms with Crippen LogP contribution in [0.5, 0.6) is 5.88 Å². The molecule has 0 saturated heterocycles. The monoisotopic (exact) mass is 353 g/mol. The van der Waals surface area contributed by atoms with Crippen molar-refractivity contribution in [1.82, 2.24) is 19.9 Å². The van der Waals surface area contributed by atoms with Crippen LogP contribution in [0.2, 0.25) is 0 Å². The summed E-state index contributed by atoms with van der Waals surface area (Å²) in [6.07, 6.45) is 1.72. The lowest BCUT2D eigenvalue weighted by Gasteiger charge is -2.12. The molecule has 0 fully saturated rings. The molecule has 0 saturated carbocycles. The van der Waals surface area contributed by atoms with Crippen LogP contribution in [-0.4, -0.2) is 25.0 Å². The predicted molar refractivity (Wildman–Crippen MR) is 102 cm³/mol. The number of nitrogens with zero attached hydrogens (tertiary/aromatic N) is 3. The number of anilines is 2. The number of aromatic nitrogens is 4. The zero-order chi connectivity index (χ0) is 18.8. The van der Waals surface area contributed by atoms with Gasteiger partial charge in [-0.05, 0) is 31.7 Å². The Hall–Kier alpha value is -2.96. The second-order valence-electron chi connectivity index (χ2n) is 6.57. The maximum absolute atomic E-state index is 12.4. The number of hydrogen-bond donors (Lipinski definition) is 3. The molecule has 3 aromatic rings. The number of aryl methyl sites for hydroxylation is 2. The summed E-state index contributed by atoms with van der Waals surface area (Å²) in [5.41, 5.74) is 2.64. The van der Waals surface area contributed by atoms with Crippen LogP contribution in [0.1, 0.15) is 49.4 Å². The quantitative estimate of drug-likeness (QED) is 0.646. The molecule has 3 N–H and O–H groups in total. The van der Waals surface area contributed by atoms with Gasteiger partial charge in [-0.1, -0.05) is 38.5 Å². The average Bonchev–Trinajstić information content (AvgIpc) is 2.55. The van der Waals surface area contributed by atoms with Crippen LogP contribution in [0.3, 0.4) is 0 Å². The van der Waals surface area contributed by atoms with Gasteiger partial charge in [0.25, 0.3) is 5.56 Å². The molecule has 7 nitrogen and oxygen atoms in total. The van der Waals surface area contributed by atoms with Crippen molar-refractivity contribution in [2.45, 2.75) is 46.5 Å². The lowest BCUT2D eigenvalue weighted by molar-refractivity contribution is 0.436. The van der Waals surface area contributed by atoms with Gasteiger partial charge in [0.2, 0.25) is 17.8 Å². The Morgan fingerprint density at radius 2 is 2.00 bits per heavy atom. The van der Waals surface area contributed by atoms with E-state index in [0.717, 1.165) is 35.0 Å². The van der Waals surface area contributed by atoms with Crippen molar-refractivity contribution in [2.24, 2.45) is 0 Å². The number of aromatic hydroxyl groups is 1. The van der Waals surface area contributed by atoms with E-state index in [1.807, 2.05) is 45.9 Å². The molecule has 1 aromatic carbocycles. The Morgan fingerprint density at radius 1 is 1.23 bits per heavy atom. The van der Waals surface area contributed by atoms with E-state index in [-0.39, 0.29) is 23.3 Å². The van der Waals surface area contributed by atoms with Gasteiger partial charge >= 0.3 is 0 Å². The van der Waals surface area contributed by atoms with E-state index in [9.17, 15) is 9.90 Å². The van der Waals surface area contributed by atoms with Crippen LogP contribution in [-0.2, 0) is 0 Å². The standard InChI is InChI=1S/C19H23N5O2/c1-5-7-10(2)14-16(25)22-19(23-17(14)26)24-18-20-12(4)13-9-6-8-11(3)15(13)21-18/h6,8-10H,5,7H2,1-4H3,(H3,20,21,22,23,24,25,26)/t10-/m1/s1. The third-order valence-electron chi connectivity index (χ3n) is 4.50. The summed E-state index contributed by atoms with van der Waals surface area (Å²) in [5, 5.41) is 14.1. The molecule has 136 valence electrons. The fraction of sp³-hybridized carbons (Fsp3) is 0.368. The maximum Gasteiger partial charge on any atom is 0.259 e. The first-order valence-electron chi connectivity index (χ1n) is 8.74. The highest BCUT2D eigenvalue weighted by Gasteiger charge is 2.17. The molecule has 0 aliphatic rings. The highest BCUT2D eigenvalue weighted by Crippen LogP contribution is 2.25. The van der Waals surface area contributed by atoms with Gasteiger partial charge in [0.1, 0.15) is 0 Å². The topological polar surface area (TPSA) is 104 Å². The zero-order valence-electron chi connectivity index (χ0n) is 15.4. The molecule has 26 heavy (non-hydrogen) atoms. The number of rotatable bonds is 5. The van der Waals surface area contributed by atoms with Crippen molar-refractivity contribution in [2.75, 3.05) is 5.32 Å². The third kappa shape index (κ3) is 3.37. The minimum absolute atomic E-state index is 0.0629. The first-order valence-corrected chi connectivity index (χ1v) is 8.74. The number of hydrogen-bond acceptors (Lipinski definition) is 6. The van der Waals surface area contributed by atoms with Gasteiger partial charge < -0.3 is 5.11 Å². The molecular weight excluding hydrogens is 330 g/mol. The first-order chi connectivity index (χ1) is 12.4. The Bertz CT molecular complexity index is 1010. The van der Waals surface area contributed by atoms with Gasteiger partial charge in [-0.3, -0.25) is 15.1 Å². The number of para-hydroxylation sites is 1. The Kier molecular flexibility index (Phi) is 4.88. The van der Waals surface area contributed by atoms with Crippen molar-refractivity contribution < 1.29 is 5.11 Å². The predicted octanol–water partition coefficient (Wildman–Crippen LogP) is 3.68. The fourth-order valence-corrected chi connectivity index (χ4v) is 3.16. The first kappa shape index (κ1) is 17.8. The van der Waals surface area contributed by atoms with Gasteiger partial charge in [-0.2, -0.15) is 4.98 Å². The average molecular weight is 353 g/mol. The molecule has 1 atom stereocenters. The number of H-pyrrole nitrogens is 1. The SMILES string of the molecule is CCC[C@@H](C)c1c(O)nc(Nc2nc(C)c3cccc(C)c3n2)[nH]c1=O. The Balaban J connectivity index is 1.98. The van der Waals surface area contributed by atoms with E-state index >= 15 is 0 Å². The molecule has 0 aliphatic heterocycles. The molecule has 0 aliphatic carbocycles. The molecule has 0 spiro atoms. The van der Waals surface area contributed by atoms with Gasteiger partial charge in [-0.25, -0.2) is 9.97 Å². The van der Waals surface area contributed by atoms with Crippen LogP contribution in [0.25, 0.3) is 10.9 Å². The number of benzene rings is 1. The van der Waals surface area contributed by atoms with E-state index in [1.54, 1.807) is 0 Å². The minimum Gasteiger partial charge on any atom is -0.493 e. The third-order valence-corrected chi connectivity index (χ3v) is 4.50. The van der Waals surface area contributed by atoms with Gasteiger partial charge in [-0.15, -0.1) is 0 Å². The number of aromatic amines is 1. The summed E-state index contributed by atoms with van der Waals surface area (Å²) in [4.78, 5) is 28.0. The molecule has 7 heteroatoms. The molecule has 0 bridgehead atoms. The van der Waals surface area contributed by atoms with Crippen LogP contribution in [0.15, 0.2) is 23.0 Å². The summed E-state index contributed by atoms with van der Waals surface area (Å²) < 4.78 is 0. The molecule has 2 heterocycles. The van der Waals surface area contributed by atoms with Crippen molar-refractivity contribution in [1.29, 1.82) is 0 Å². The summed E-state index contributed by atoms with van der Waals surface area (Å²) in [5.74, 6) is 0.117. The van der Waals surface area contributed by atoms with Gasteiger partial charge in [0, 0.05) is 5.39 Å². The smallest absolute Gasteiger partial charge is 0.259 e. The molecule has 0 radical (unpaired) electrons. The second-order valence-corrected chi connectivity index (χ2v) is 6.57. The maximum atomic E-state index is 12.4. The van der Waals surface area contributed by atoms with Crippen LogP contribution >= 0.6 is 0 Å². The van der Waals surface area contributed by atoms with Crippen molar-refractivity contribution in [3.05, 3.63) is 45.4 Å².